The molecule has 0 fully saturated rings. The molecule has 2 rings (SSSR count). The molecule has 0 aliphatic rings. The topological polar surface area (TPSA) is 63.6 Å². The third kappa shape index (κ3) is 6.94. The van der Waals surface area contributed by atoms with Crippen LogP contribution in [0.4, 0.5) is 4.39 Å². The van der Waals surface area contributed by atoms with E-state index in [2.05, 4.69) is 26.2 Å². The van der Waals surface area contributed by atoms with E-state index >= 15 is 0 Å². The Hall–Kier alpha value is -1.70. The highest BCUT2D eigenvalue weighted by molar-refractivity contribution is 9.10. The maximum atomic E-state index is 13.9. The lowest BCUT2D eigenvalue weighted by Crippen LogP contribution is -2.16. The van der Waals surface area contributed by atoms with Gasteiger partial charge in [-0.05, 0) is 25.2 Å². The van der Waals surface area contributed by atoms with Gasteiger partial charge in [0.2, 0.25) is 0 Å². The van der Waals surface area contributed by atoms with Crippen molar-refractivity contribution in [3.8, 4) is 11.5 Å². The van der Waals surface area contributed by atoms with Crippen LogP contribution in [-0.4, -0.2) is 37.4 Å². The lowest BCUT2D eigenvalue weighted by molar-refractivity contribution is 0.289. The van der Waals surface area contributed by atoms with E-state index < -0.39 is 5.82 Å². The van der Waals surface area contributed by atoms with Crippen molar-refractivity contribution in [3.05, 3.63) is 52.5 Å². The standard InChI is InChI=1S/C15H16BrFN2O2.CH4O/c1-18-5-6-20-13-8-14(17)15(19-9-13)10-21-12-4-2-3-11(16)7-12;1-2/h2-4,7-9,18H,5-6,10H2,1H3;2H,1H3. The van der Waals surface area contributed by atoms with Gasteiger partial charge in [0.25, 0.3) is 0 Å². The quantitative estimate of drug-likeness (QED) is 0.716. The highest BCUT2D eigenvalue weighted by Gasteiger charge is 2.07. The van der Waals surface area contributed by atoms with Crippen LogP contribution in [0.15, 0.2) is 41.0 Å². The number of hydrogen-bond donors (Lipinski definition) is 2. The normalized spacial score (nSPS) is 9.78. The number of aliphatic hydroxyl groups excluding tert-OH is 1. The van der Waals surface area contributed by atoms with Crippen molar-refractivity contribution in [1.82, 2.24) is 10.3 Å². The molecule has 0 saturated carbocycles. The van der Waals surface area contributed by atoms with Gasteiger partial charge >= 0.3 is 0 Å². The Kier molecular flexibility index (Phi) is 9.20. The van der Waals surface area contributed by atoms with Gasteiger partial charge in [-0.25, -0.2) is 4.39 Å². The van der Waals surface area contributed by atoms with Gasteiger partial charge in [-0.2, -0.15) is 0 Å². The Morgan fingerprint density at radius 3 is 2.65 bits per heavy atom. The van der Waals surface area contributed by atoms with Crippen molar-refractivity contribution in [2.75, 3.05) is 27.3 Å². The molecule has 126 valence electrons. The Labute approximate surface area is 143 Å². The van der Waals surface area contributed by atoms with Gasteiger partial charge in [0, 0.05) is 24.2 Å². The zero-order chi connectivity index (χ0) is 17.1. The second kappa shape index (κ2) is 10.9. The molecule has 0 spiro atoms. The summed E-state index contributed by atoms with van der Waals surface area (Å²) >= 11 is 3.35. The van der Waals surface area contributed by atoms with Crippen LogP contribution in [-0.2, 0) is 6.61 Å². The fourth-order valence-electron chi connectivity index (χ4n) is 1.61. The van der Waals surface area contributed by atoms with Crippen LogP contribution in [0.3, 0.4) is 0 Å². The number of benzene rings is 1. The van der Waals surface area contributed by atoms with E-state index in [1.54, 1.807) is 6.07 Å². The lowest BCUT2D eigenvalue weighted by Gasteiger charge is -2.09. The second-order valence-corrected chi connectivity index (χ2v) is 5.21. The summed E-state index contributed by atoms with van der Waals surface area (Å²) in [4.78, 5) is 4.04. The van der Waals surface area contributed by atoms with E-state index in [4.69, 9.17) is 14.6 Å². The smallest absolute Gasteiger partial charge is 0.151 e. The number of aliphatic hydroxyl groups is 1. The number of hydrogen-bond acceptors (Lipinski definition) is 5. The first-order chi connectivity index (χ1) is 11.2. The van der Waals surface area contributed by atoms with E-state index in [9.17, 15) is 4.39 Å². The molecular weight excluding hydrogens is 367 g/mol. The predicted octanol–water partition coefficient (Wildman–Crippen LogP) is 2.77. The molecule has 0 bridgehead atoms. The SMILES string of the molecule is CNCCOc1cnc(COc2cccc(Br)c2)c(F)c1.CO. The van der Waals surface area contributed by atoms with Crippen LogP contribution in [0, 0.1) is 5.82 Å². The van der Waals surface area contributed by atoms with Crippen LogP contribution in [0.2, 0.25) is 0 Å². The fourth-order valence-corrected chi connectivity index (χ4v) is 1.99. The summed E-state index contributed by atoms with van der Waals surface area (Å²) in [5.41, 5.74) is 0.246. The second-order valence-electron chi connectivity index (χ2n) is 4.30. The van der Waals surface area contributed by atoms with Crippen LogP contribution in [0.25, 0.3) is 0 Å². The van der Waals surface area contributed by atoms with E-state index in [0.717, 1.165) is 11.6 Å². The Morgan fingerprint density at radius 2 is 2.00 bits per heavy atom. The van der Waals surface area contributed by atoms with Crippen molar-refractivity contribution in [2.24, 2.45) is 0 Å². The van der Waals surface area contributed by atoms with Gasteiger partial charge in [0.15, 0.2) is 5.82 Å². The predicted molar refractivity (Wildman–Crippen MR) is 90.2 cm³/mol. The summed E-state index contributed by atoms with van der Waals surface area (Å²) in [7, 11) is 2.82. The van der Waals surface area contributed by atoms with Crippen LogP contribution in [0.1, 0.15) is 5.69 Å². The number of nitrogens with zero attached hydrogens (tertiary/aromatic N) is 1. The summed E-state index contributed by atoms with van der Waals surface area (Å²) in [5.74, 6) is 0.626. The van der Waals surface area contributed by atoms with Crippen molar-refractivity contribution in [3.63, 3.8) is 0 Å². The van der Waals surface area contributed by atoms with Gasteiger partial charge in [-0.15, -0.1) is 0 Å². The van der Waals surface area contributed by atoms with Gasteiger partial charge in [0.1, 0.15) is 30.4 Å². The molecule has 0 unspecified atom stereocenters. The summed E-state index contributed by atoms with van der Waals surface area (Å²) in [6.07, 6.45) is 1.50. The van der Waals surface area contributed by atoms with E-state index in [1.807, 2.05) is 25.2 Å². The highest BCUT2D eigenvalue weighted by Crippen LogP contribution is 2.20. The van der Waals surface area contributed by atoms with Gasteiger partial charge in [0.05, 0.1) is 6.20 Å². The molecule has 1 aromatic heterocycles. The first-order valence-corrected chi connectivity index (χ1v) is 7.73. The average molecular weight is 387 g/mol. The van der Waals surface area contributed by atoms with Gasteiger partial charge in [-0.3, -0.25) is 4.98 Å². The first kappa shape index (κ1) is 19.3. The molecule has 0 amide bonds. The summed E-state index contributed by atoms with van der Waals surface area (Å²) in [6.45, 7) is 1.22. The third-order valence-electron chi connectivity index (χ3n) is 2.68. The number of nitrogens with one attached hydrogen (secondary N) is 1. The molecule has 0 aliphatic heterocycles. The molecular formula is C16H20BrFN2O3. The van der Waals surface area contributed by atoms with Crippen LogP contribution < -0.4 is 14.8 Å². The molecule has 1 heterocycles. The van der Waals surface area contributed by atoms with Crippen molar-refractivity contribution >= 4 is 15.9 Å². The number of halogens is 2. The minimum atomic E-state index is -0.438. The first-order valence-electron chi connectivity index (χ1n) is 6.94. The van der Waals surface area contributed by atoms with E-state index in [1.165, 1.54) is 12.3 Å². The van der Waals surface area contributed by atoms with Crippen LogP contribution >= 0.6 is 15.9 Å². The Morgan fingerprint density at radius 1 is 1.22 bits per heavy atom. The lowest BCUT2D eigenvalue weighted by atomic mass is 10.3. The molecule has 23 heavy (non-hydrogen) atoms. The summed E-state index contributed by atoms with van der Waals surface area (Å²) in [6, 6.07) is 8.68. The Bertz CT molecular complexity index is 599. The monoisotopic (exact) mass is 386 g/mol. The van der Waals surface area contributed by atoms with E-state index in [-0.39, 0.29) is 12.3 Å². The van der Waals surface area contributed by atoms with Crippen LogP contribution in [0.5, 0.6) is 11.5 Å². The maximum Gasteiger partial charge on any atom is 0.151 e. The molecule has 5 nitrogen and oxygen atoms in total. The number of rotatable bonds is 7. The van der Waals surface area contributed by atoms with Crippen molar-refractivity contribution in [2.45, 2.75) is 6.61 Å². The van der Waals surface area contributed by atoms with E-state index in [0.29, 0.717) is 24.7 Å². The number of ether oxygens (including phenoxy) is 2. The molecule has 2 N–H and O–H groups in total. The molecule has 0 aliphatic carbocycles. The highest BCUT2D eigenvalue weighted by atomic mass is 79.9. The fraction of sp³-hybridized carbons (Fsp3) is 0.312. The minimum absolute atomic E-state index is 0.0685. The molecule has 0 atom stereocenters. The molecule has 2 aromatic rings. The van der Waals surface area contributed by atoms with Gasteiger partial charge < -0.3 is 19.9 Å². The van der Waals surface area contributed by atoms with Crippen molar-refractivity contribution in [1.29, 1.82) is 0 Å². The molecule has 7 heteroatoms. The maximum absolute atomic E-state index is 13.9. The molecule has 0 saturated heterocycles. The zero-order valence-corrected chi connectivity index (χ0v) is 14.6. The average Bonchev–Trinajstić information content (AvgIpc) is 2.56. The Balaban J connectivity index is 0.00000127. The number of pyridine rings is 1. The van der Waals surface area contributed by atoms with Gasteiger partial charge in [-0.1, -0.05) is 22.0 Å². The molecule has 0 radical (unpaired) electrons. The minimum Gasteiger partial charge on any atom is -0.491 e. The van der Waals surface area contributed by atoms with Crippen molar-refractivity contribution < 1.29 is 19.0 Å². The molecule has 1 aromatic carbocycles. The summed E-state index contributed by atoms with van der Waals surface area (Å²) < 4.78 is 25.7. The third-order valence-corrected chi connectivity index (χ3v) is 3.18. The zero-order valence-electron chi connectivity index (χ0n) is 13.1. The number of likely N-dealkylation sites (N-methyl/N-ethyl adjacent to an activating group) is 1. The number of aromatic nitrogens is 1. The summed E-state index contributed by atoms with van der Waals surface area (Å²) in [5, 5.41) is 9.94. The largest absolute Gasteiger partial charge is 0.491 e.